The Bertz CT molecular complexity index is 694. The normalized spacial score (nSPS) is 12.7. The van der Waals surface area contributed by atoms with Gasteiger partial charge in [0.15, 0.2) is 0 Å². The topological polar surface area (TPSA) is 81.1 Å². The van der Waals surface area contributed by atoms with E-state index in [9.17, 15) is 9.18 Å². The van der Waals surface area contributed by atoms with Gasteiger partial charge in [-0.2, -0.15) is 5.10 Å². The van der Waals surface area contributed by atoms with E-state index in [-0.39, 0.29) is 36.6 Å². The first-order valence-corrected chi connectivity index (χ1v) is 8.00. The zero-order chi connectivity index (χ0) is 18.4. The predicted molar refractivity (Wildman–Crippen MR) is 91.4 cm³/mol. The van der Waals surface area contributed by atoms with Crippen LogP contribution in [0.4, 0.5) is 9.18 Å². The largest absolute Gasteiger partial charge is 0.375 e. The van der Waals surface area contributed by atoms with E-state index in [1.807, 2.05) is 20.8 Å². The van der Waals surface area contributed by atoms with Gasteiger partial charge in [-0.1, -0.05) is 12.1 Å². The fourth-order valence-corrected chi connectivity index (χ4v) is 2.37. The molecule has 0 unspecified atom stereocenters. The molecule has 2 N–H and O–H groups in total. The molecule has 2 aromatic rings. The molecular weight excluding hydrogens is 325 g/mol. The number of carbonyl (C=O) groups is 1. The summed E-state index contributed by atoms with van der Waals surface area (Å²) in [6.07, 6.45) is 1.11. The Hall–Kier alpha value is -2.48. The molecular formula is C17H24FN5O2. The highest BCUT2D eigenvalue weighted by Gasteiger charge is 2.19. The Morgan fingerprint density at radius 2 is 1.96 bits per heavy atom. The summed E-state index contributed by atoms with van der Waals surface area (Å²) >= 11 is 0. The lowest BCUT2D eigenvalue weighted by Gasteiger charge is -2.21. The van der Waals surface area contributed by atoms with E-state index in [1.165, 1.54) is 18.5 Å². The van der Waals surface area contributed by atoms with Crippen molar-refractivity contribution in [2.75, 3.05) is 13.7 Å². The average molecular weight is 349 g/mol. The van der Waals surface area contributed by atoms with Crippen molar-refractivity contribution in [3.8, 4) is 0 Å². The van der Waals surface area contributed by atoms with Gasteiger partial charge in [0.2, 0.25) is 0 Å². The number of ether oxygens (including phenoxy) is 1. The summed E-state index contributed by atoms with van der Waals surface area (Å²) in [6, 6.07) is 5.65. The summed E-state index contributed by atoms with van der Waals surface area (Å²) in [6.45, 7) is 6.56. The zero-order valence-electron chi connectivity index (χ0n) is 14.9. The number of nitrogens with zero attached hydrogens (tertiary/aromatic N) is 3. The van der Waals surface area contributed by atoms with Crippen LogP contribution < -0.4 is 10.6 Å². The molecule has 0 aliphatic carbocycles. The van der Waals surface area contributed by atoms with Crippen molar-refractivity contribution in [3.05, 3.63) is 47.8 Å². The number of carbonyl (C=O) groups excluding carboxylic acids is 1. The van der Waals surface area contributed by atoms with E-state index < -0.39 is 0 Å². The standard InChI is InChI=1S/C17H24FN5O2/c1-17(2,3)23-15(21-11-22-23)10-20-16(24)19-9-14(25-4)12-5-7-13(18)8-6-12/h5-8,11,14H,9-10H2,1-4H3,(H2,19,20,24)/t14-/m0/s1. The quantitative estimate of drug-likeness (QED) is 0.839. The number of amides is 2. The van der Waals surface area contributed by atoms with Crippen molar-refractivity contribution in [2.45, 2.75) is 39.0 Å². The van der Waals surface area contributed by atoms with Crippen LogP contribution in [0.15, 0.2) is 30.6 Å². The summed E-state index contributed by atoms with van der Waals surface area (Å²) in [5.41, 5.74) is 0.574. The minimum Gasteiger partial charge on any atom is -0.375 e. The van der Waals surface area contributed by atoms with Crippen LogP contribution in [-0.2, 0) is 16.8 Å². The molecule has 0 saturated carbocycles. The maximum atomic E-state index is 13.0. The van der Waals surface area contributed by atoms with Crippen molar-refractivity contribution in [1.82, 2.24) is 25.4 Å². The van der Waals surface area contributed by atoms with Crippen LogP contribution in [0.3, 0.4) is 0 Å². The molecule has 2 amide bonds. The second-order valence-electron chi connectivity index (χ2n) is 6.60. The van der Waals surface area contributed by atoms with Crippen LogP contribution in [0.25, 0.3) is 0 Å². The Morgan fingerprint density at radius 3 is 2.56 bits per heavy atom. The third kappa shape index (κ3) is 5.25. The number of hydrogen-bond donors (Lipinski definition) is 2. The van der Waals surface area contributed by atoms with Gasteiger partial charge in [0, 0.05) is 13.7 Å². The fraction of sp³-hybridized carbons (Fsp3) is 0.471. The van der Waals surface area contributed by atoms with E-state index in [1.54, 1.807) is 23.9 Å². The van der Waals surface area contributed by atoms with Gasteiger partial charge in [0.25, 0.3) is 0 Å². The van der Waals surface area contributed by atoms with Crippen LogP contribution in [0.5, 0.6) is 0 Å². The molecule has 8 heteroatoms. The Kier molecular flexibility index (Phi) is 6.08. The van der Waals surface area contributed by atoms with E-state index in [0.29, 0.717) is 5.82 Å². The first-order chi connectivity index (χ1) is 11.8. The van der Waals surface area contributed by atoms with E-state index in [4.69, 9.17) is 4.74 Å². The van der Waals surface area contributed by atoms with Crippen molar-refractivity contribution >= 4 is 6.03 Å². The molecule has 0 aliphatic heterocycles. The number of urea groups is 1. The molecule has 1 aromatic heterocycles. The lowest BCUT2D eigenvalue weighted by molar-refractivity contribution is 0.104. The van der Waals surface area contributed by atoms with Crippen LogP contribution >= 0.6 is 0 Å². The molecule has 0 bridgehead atoms. The molecule has 0 aliphatic rings. The number of rotatable bonds is 6. The summed E-state index contributed by atoms with van der Waals surface area (Å²) in [4.78, 5) is 16.2. The highest BCUT2D eigenvalue weighted by atomic mass is 19.1. The lowest BCUT2D eigenvalue weighted by atomic mass is 10.1. The monoisotopic (exact) mass is 349 g/mol. The predicted octanol–water partition coefficient (Wildman–Crippen LogP) is 2.36. The van der Waals surface area contributed by atoms with Crippen molar-refractivity contribution in [3.63, 3.8) is 0 Å². The molecule has 7 nitrogen and oxygen atoms in total. The van der Waals surface area contributed by atoms with Gasteiger partial charge in [0.05, 0.1) is 18.2 Å². The summed E-state index contributed by atoms with van der Waals surface area (Å²) in [5, 5.41) is 9.67. The van der Waals surface area contributed by atoms with Crippen LogP contribution in [0, 0.1) is 5.82 Å². The molecule has 1 aromatic carbocycles. The van der Waals surface area contributed by atoms with Crippen molar-refractivity contribution in [1.29, 1.82) is 0 Å². The van der Waals surface area contributed by atoms with Gasteiger partial charge in [-0.05, 0) is 38.5 Å². The lowest BCUT2D eigenvalue weighted by Crippen LogP contribution is -2.39. The third-order valence-corrected chi connectivity index (χ3v) is 3.64. The van der Waals surface area contributed by atoms with Crippen LogP contribution in [-0.4, -0.2) is 34.5 Å². The van der Waals surface area contributed by atoms with Gasteiger partial charge in [0.1, 0.15) is 18.0 Å². The maximum absolute atomic E-state index is 13.0. The first-order valence-electron chi connectivity index (χ1n) is 8.00. The number of nitrogens with one attached hydrogen (secondary N) is 2. The van der Waals surface area contributed by atoms with Gasteiger partial charge >= 0.3 is 6.03 Å². The van der Waals surface area contributed by atoms with E-state index >= 15 is 0 Å². The molecule has 0 fully saturated rings. The second kappa shape index (κ2) is 8.06. The van der Waals surface area contributed by atoms with Crippen LogP contribution in [0.1, 0.15) is 38.3 Å². The first kappa shape index (κ1) is 18.9. The smallest absolute Gasteiger partial charge is 0.315 e. The molecule has 25 heavy (non-hydrogen) atoms. The average Bonchev–Trinajstić information content (AvgIpc) is 3.04. The Balaban J connectivity index is 1.86. The fourth-order valence-electron chi connectivity index (χ4n) is 2.37. The SMILES string of the molecule is CO[C@@H](CNC(=O)NCc1ncnn1C(C)(C)C)c1ccc(F)cc1. The van der Waals surface area contributed by atoms with Gasteiger partial charge in [-0.25, -0.2) is 18.9 Å². The molecule has 0 radical (unpaired) electrons. The van der Waals surface area contributed by atoms with Crippen molar-refractivity contribution in [2.24, 2.45) is 0 Å². The molecule has 136 valence electrons. The summed E-state index contributed by atoms with van der Waals surface area (Å²) in [7, 11) is 1.54. The van der Waals surface area contributed by atoms with E-state index in [2.05, 4.69) is 20.7 Å². The summed E-state index contributed by atoms with van der Waals surface area (Å²) in [5.74, 6) is 0.358. The zero-order valence-corrected chi connectivity index (χ0v) is 14.9. The number of hydrogen-bond acceptors (Lipinski definition) is 4. The Morgan fingerprint density at radius 1 is 1.28 bits per heavy atom. The van der Waals surface area contributed by atoms with Crippen LogP contribution in [0.2, 0.25) is 0 Å². The minimum atomic E-state index is -0.357. The highest BCUT2D eigenvalue weighted by Crippen LogP contribution is 2.16. The third-order valence-electron chi connectivity index (χ3n) is 3.64. The second-order valence-corrected chi connectivity index (χ2v) is 6.60. The number of aromatic nitrogens is 3. The molecule has 2 rings (SSSR count). The highest BCUT2D eigenvalue weighted by molar-refractivity contribution is 5.73. The van der Waals surface area contributed by atoms with Gasteiger partial charge < -0.3 is 15.4 Å². The minimum absolute atomic E-state index is 0.215. The maximum Gasteiger partial charge on any atom is 0.315 e. The molecule has 1 atom stereocenters. The Labute approximate surface area is 146 Å². The van der Waals surface area contributed by atoms with E-state index in [0.717, 1.165) is 5.56 Å². The number of halogens is 1. The molecule has 1 heterocycles. The van der Waals surface area contributed by atoms with Gasteiger partial charge in [-0.3, -0.25) is 0 Å². The molecule has 0 saturated heterocycles. The number of methoxy groups -OCH3 is 1. The summed E-state index contributed by atoms with van der Waals surface area (Å²) < 4.78 is 20.1. The van der Waals surface area contributed by atoms with Gasteiger partial charge in [-0.15, -0.1) is 0 Å². The number of benzene rings is 1. The molecule has 0 spiro atoms. The van der Waals surface area contributed by atoms with Crippen molar-refractivity contribution < 1.29 is 13.9 Å².